The molecule has 1 unspecified atom stereocenters. The average Bonchev–Trinajstić information content (AvgIpc) is 3.31. The highest BCUT2D eigenvalue weighted by Crippen LogP contribution is 2.44. The number of aromatic nitrogens is 4. The van der Waals surface area contributed by atoms with Crippen molar-refractivity contribution >= 4 is 40.3 Å². The minimum Gasteiger partial charge on any atom is -0.464 e. The van der Waals surface area contributed by atoms with Gasteiger partial charge in [-0.3, -0.25) is 4.57 Å². The van der Waals surface area contributed by atoms with Gasteiger partial charge >= 0.3 is 5.97 Å². The summed E-state index contributed by atoms with van der Waals surface area (Å²) in [5.74, 6) is -1.25. The van der Waals surface area contributed by atoms with Gasteiger partial charge in [0, 0.05) is 0 Å². The molecule has 164 valence electrons. The van der Waals surface area contributed by atoms with Crippen LogP contribution in [0.5, 0.6) is 0 Å². The van der Waals surface area contributed by atoms with E-state index in [0.29, 0.717) is 11.2 Å². The molecule has 0 amide bonds. The summed E-state index contributed by atoms with van der Waals surface area (Å²) in [7, 11) is 0. The van der Waals surface area contributed by atoms with Crippen molar-refractivity contribution in [2.24, 2.45) is 0 Å². The summed E-state index contributed by atoms with van der Waals surface area (Å²) in [4.78, 5) is 24.3. The van der Waals surface area contributed by atoms with Gasteiger partial charge in [-0.25, -0.2) is 14.8 Å². The number of carbonyl (C=O) groups is 1. The van der Waals surface area contributed by atoms with Crippen LogP contribution in [0, 0.1) is 0 Å². The fourth-order valence-corrected chi connectivity index (χ4v) is 4.05. The number of esters is 1. The summed E-state index contributed by atoms with van der Waals surface area (Å²) in [5, 5.41) is 0.140. The first kappa shape index (κ1) is 21.7. The molecule has 10 nitrogen and oxygen atoms in total. The van der Waals surface area contributed by atoms with E-state index < -0.39 is 42.4 Å². The second-order valence-corrected chi connectivity index (χ2v) is 8.16. The molecule has 2 aromatic heterocycles. The highest BCUT2D eigenvalue weighted by molar-refractivity contribution is 6.35. The summed E-state index contributed by atoms with van der Waals surface area (Å²) in [6.45, 7) is 7.41. The number of imidazole rings is 1. The summed E-state index contributed by atoms with van der Waals surface area (Å²) in [5.41, 5.74) is 0.813. The Hall–Kier alpha value is -1.56. The Morgan fingerprint density at radius 1 is 1.30 bits per heavy atom. The van der Waals surface area contributed by atoms with Crippen LogP contribution in [0.1, 0.15) is 33.9 Å². The smallest absolute Gasteiger partial charge is 0.334 e. The molecule has 4 rings (SSSR count). The molecule has 12 heteroatoms. The fourth-order valence-electron chi connectivity index (χ4n) is 3.63. The Balaban J connectivity index is 1.58. The van der Waals surface area contributed by atoms with E-state index in [0.717, 1.165) is 0 Å². The summed E-state index contributed by atoms with van der Waals surface area (Å²) in [6.07, 6.45) is -1.19. The van der Waals surface area contributed by atoms with E-state index in [2.05, 4.69) is 15.0 Å². The molecule has 30 heavy (non-hydrogen) atoms. The molecule has 4 heterocycles. The first-order chi connectivity index (χ1) is 14.2. The maximum atomic E-state index is 11.8. The molecule has 2 fully saturated rings. The van der Waals surface area contributed by atoms with Crippen molar-refractivity contribution in [2.45, 2.75) is 64.1 Å². The summed E-state index contributed by atoms with van der Waals surface area (Å²) < 4.78 is 30.7. The molecule has 0 spiro atoms. The van der Waals surface area contributed by atoms with Gasteiger partial charge in [0.1, 0.15) is 23.8 Å². The maximum Gasteiger partial charge on any atom is 0.334 e. The monoisotopic (exact) mass is 460 g/mol. The zero-order valence-corrected chi connectivity index (χ0v) is 18.4. The van der Waals surface area contributed by atoms with Gasteiger partial charge < -0.3 is 23.7 Å². The third-order valence-electron chi connectivity index (χ3n) is 4.88. The van der Waals surface area contributed by atoms with Crippen LogP contribution in [0.15, 0.2) is 6.33 Å². The molecule has 2 aliphatic heterocycles. The average molecular weight is 461 g/mol. The highest BCUT2D eigenvalue weighted by Gasteiger charge is 2.56. The van der Waals surface area contributed by atoms with Crippen LogP contribution in [0.25, 0.3) is 11.2 Å². The lowest BCUT2D eigenvalue weighted by Crippen LogP contribution is -2.35. The molecular formula is C18H22Cl2N4O6. The zero-order chi connectivity index (χ0) is 21.6. The van der Waals surface area contributed by atoms with Crippen LogP contribution in [0.4, 0.5) is 0 Å². The number of nitrogens with zero attached hydrogens (tertiary/aromatic N) is 4. The van der Waals surface area contributed by atoms with Crippen molar-refractivity contribution < 1.29 is 28.5 Å². The largest absolute Gasteiger partial charge is 0.464 e. The molecule has 5 atom stereocenters. The van der Waals surface area contributed by atoms with Gasteiger partial charge in [-0.1, -0.05) is 11.6 Å². The van der Waals surface area contributed by atoms with Gasteiger partial charge in [-0.2, -0.15) is 4.98 Å². The van der Waals surface area contributed by atoms with Gasteiger partial charge in [0.15, 0.2) is 28.9 Å². The number of ether oxygens (including phenoxy) is 5. The number of hydrogen-bond acceptors (Lipinski definition) is 9. The minimum absolute atomic E-state index is 0.00383. The Morgan fingerprint density at radius 2 is 2.03 bits per heavy atom. The molecule has 0 radical (unpaired) electrons. The van der Waals surface area contributed by atoms with Crippen molar-refractivity contribution in [3.8, 4) is 0 Å². The van der Waals surface area contributed by atoms with Crippen molar-refractivity contribution in [2.75, 3.05) is 13.2 Å². The molecule has 0 N–H and O–H groups in total. The number of fused-ring (bicyclic) bond motifs is 2. The van der Waals surface area contributed by atoms with E-state index >= 15 is 0 Å². The summed E-state index contributed by atoms with van der Waals surface area (Å²) in [6, 6.07) is 0. The van der Waals surface area contributed by atoms with Crippen molar-refractivity contribution in [3.05, 3.63) is 16.8 Å². The van der Waals surface area contributed by atoms with Crippen molar-refractivity contribution in [1.82, 2.24) is 19.5 Å². The van der Waals surface area contributed by atoms with E-state index in [9.17, 15) is 4.79 Å². The van der Waals surface area contributed by atoms with Crippen LogP contribution in [-0.4, -0.2) is 68.9 Å². The normalized spacial score (nSPS) is 28.6. The fraction of sp³-hybridized carbons (Fsp3) is 0.667. The number of halogens is 2. The molecule has 2 saturated heterocycles. The van der Waals surface area contributed by atoms with E-state index in [-0.39, 0.29) is 23.7 Å². The third kappa shape index (κ3) is 4.00. The lowest BCUT2D eigenvalue weighted by Gasteiger charge is -2.25. The van der Waals surface area contributed by atoms with Crippen LogP contribution in [-0.2, 0) is 28.5 Å². The van der Waals surface area contributed by atoms with E-state index in [1.54, 1.807) is 24.7 Å². The summed E-state index contributed by atoms with van der Waals surface area (Å²) >= 11 is 12.1. The first-order valence-electron chi connectivity index (χ1n) is 9.55. The minimum atomic E-state index is -0.816. The van der Waals surface area contributed by atoms with Gasteiger partial charge in [0.25, 0.3) is 0 Å². The van der Waals surface area contributed by atoms with Crippen LogP contribution in [0.2, 0.25) is 10.4 Å². The highest BCUT2D eigenvalue weighted by atomic mass is 35.5. The molecule has 2 aromatic rings. The Labute approximate surface area is 182 Å². The molecule has 0 aromatic carbocycles. The van der Waals surface area contributed by atoms with Crippen LogP contribution >= 0.6 is 23.2 Å². The topological polar surface area (TPSA) is 107 Å². The molecule has 0 aliphatic carbocycles. The second-order valence-electron chi connectivity index (χ2n) is 7.46. The molecule has 0 bridgehead atoms. The predicted octanol–water partition coefficient (Wildman–Crippen LogP) is 2.52. The molecular weight excluding hydrogens is 439 g/mol. The Bertz CT molecular complexity index is 954. The lowest BCUT2D eigenvalue weighted by atomic mass is 10.1. The predicted molar refractivity (Wildman–Crippen MR) is 105 cm³/mol. The van der Waals surface area contributed by atoms with Crippen molar-refractivity contribution in [3.63, 3.8) is 0 Å². The van der Waals surface area contributed by atoms with Crippen LogP contribution < -0.4 is 0 Å². The SMILES string of the molecule is CCOC(=O)C(C)OC[C@H]1O[C@@H](n2cnc3c(Cl)nc(Cl)nc32)[C@@H]2OC(C)(C)O[C@@H]21. The Morgan fingerprint density at radius 3 is 2.77 bits per heavy atom. The first-order valence-corrected chi connectivity index (χ1v) is 10.3. The van der Waals surface area contributed by atoms with E-state index in [4.69, 9.17) is 46.9 Å². The second kappa shape index (κ2) is 8.18. The van der Waals surface area contributed by atoms with E-state index in [1.165, 1.54) is 0 Å². The van der Waals surface area contributed by atoms with Crippen LogP contribution in [0.3, 0.4) is 0 Å². The molecule has 2 aliphatic rings. The van der Waals surface area contributed by atoms with E-state index in [1.807, 2.05) is 13.8 Å². The maximum absolute atomic E-state index is 11.8. The molecule has 0 saturated carbocycles. The van der Waals surface area contributed by atoms with Gasteiger partial charge in [-0.15, -0.1) is 0 Å². The number of hydrogen-bond donors (Lipinski definition) is 0. The number of carbonyl (C=O) groups excluding carboxylic acids is 1. The van der Waals surface area contributed by atoms with Crippen molar-refractivity contribution in [1.29, 1.82) is 0 Å². The third-order valence-corrected chi connectivity index (χ3v) is 5.31. The zero-order valence-electron chi connectivity index (χ0n) is 16.9. The van der Waals surface area contributed by atoms with Gasteiger partial charge in [0.05, 0.1) is 19.5 Å². The Kier molecular flexibility index (Phi) is 5.90. The van der Waals surface area contributed by atoms with Gasteiger partial charge in [-0.05, 0) is 39.3 Å². The number of rotatable bonds is 6. The van der Waals surface area contributed by atoms with Gasteiger partial charge in [0.2, 0.25) is 5.28 Å². The quantitative estimate of drug-likeness (QED) is 0.364. The lowest BCUT2D eigenvalue weighted by molar-refractivity contribution is -0.204. The standard InChI is InChI=1S/C18H22Cl2N4O6/c1-5-26-16(25)8(2)27-6-9-11-12(30-18(3,4)29-11)15(28-9)24-7-21-10-13(19)22-17(20)23-14(10)24/h7-9,11-12,15H,5-6H2,1-4H3/t8?,9-,11-,12-,15-/m1/s1.